The number of fused-ring (bicyclic) bond motifs is 1. The van der Waals surface area contributed by atoms with Crippen molar-refractivity contribution in [1.29, 1.82) is 0 Å². The van der Waals surface area contributed by atoms with Crippen molar-refractivity contribution in [2.24, 2.45) is 0 Å². The number of hydrogen-bond donors (Lipinski definition) is 1. The van der Waals surface area contributed by atoms with E-state index in [0.717, 1.165) is 38.3 Å². The number of aliphatic hydroxyl groups is 1. The fraction of sp³-hybridized carbons (Fsp3) is 0.611. The molecule has 0 aliphatic carbocycles. The van der Waals surface area contributed by atoms with Crippen LogP contribution in [-0.4, -0.2) is 60.2 Å². The molecule has 23 heavy (non-hydrogen) atoms. The van der Waals surface area contributed by atoms with E-state index >= 15 is 0 Å². The molecule has 0 aromatic heterocycles. The normalized spacial score (nSPS) is 24.1. The topological polar surface area (TPSA) is 53.0 Å². The molecule has 1 aromatic carbocycles. The quantitative estimate of drug-likeness (QED) is 0.912. The smallest absolute Gasteiger partial charge is 0.224 e. The van der Waals surface area contributed by atoms with Crippen molar-refractivity contribution in [3.63, 3.8) is 0 Å². The number of rotatable bonds is 4. The lowest BCUT2D eigenvalue weighted by molar-refractivity contribution is -0.136. The van der Waals surface area contributed by atoms with Crippen LogP contribution >= 0.6 is 0 Å². The minimum absolute atomic E-state index is 0.0102. The average Bonchev–Trinajstić information content (AvgIpc) is 2.94. The van der Waals surface area contributed by atoms with Crippen molar-refractivity contribution >= 4 is 5.91 Å². The molecule has 2 aliphatic rings. The third kappa shape index (κ3) is 3.85. The van der Waals surface area contributed by atoms with E-state index in [2.05, 4.69) is 17.0 Å². The zero-order valence-electron chi connectivity index (χ0n) is 14.0. The molecule has 1 N–H and O–H groups in total. The Morgan fingerprint density at radius 1 is 1.43 bits per heavy atom. The van der Waals surface area contributed by atoms with E-state index in [0.29, 0.717) is 13.0 Å². The largest absolute Gasteiger partial charge is 0.493 e. The number of hydrogen-bond acceptors (Lipinski definition) is 4. The van der Waals surface area contributed by atoms with Crippen molar-refractivity contribution in [2.75, 3.05) is 33.8 Å². The van der Waals surface area contributed by atoms with Gasteiger partial charge in [-0.2, -0.15) is 0 Å². The van der Waals surface area contributed by atoms with Gasteiger partial charge in [0.05, 0.1) is 18.6 Å². The maximum atomic E-state index is 11.9. The van der Waals surface area contributed by atoms with Crippen LogP contribution in [0.5, 0.6) is 5.75 Å². The highest BCUT2D eigenvalue weighted by atomic mass is 16.5. The molecule has 0 spiro atoms. The molecule has 5 heteroatoms. The lowest BCUT2D eigenvalue weighted by Gasteiger charge is -2.39. The summed E-state index contributed by atoms with van der Waals surface area (Å²) in [6, 6.07) is 6.35. The minimum Gasteiger partial charge on any atom is -0.493 e. The van der Waals surface area contributed by atoms with Crippen LogP contribution in [-0.2, 0) is 17.8 Å². The summed E-state index contributed by atoms with van der Waals surface area (Å²) in [5.41, 5.74) is 1.62. The molecule has 1 atom stereocenters. The van der Waals surface area contributed by atoms with Gasteiger partial charge in [-0.15, -0.1) is 0 Å². The van der Waals surface area contributed by atoms with Gasteiger partial charge in [0.2, 0.25) is 5.91 Å². The van der Waals surface area contributed by atoms with E-state index in [1.807, 2.05) is 6.07 Å². The molecule has 0 saturated carbocycles. The first kappa shape index (κ1) is 16.3. The van der Waals surface area contributed by atoms with Crippen LogP contribution in [0, 0.1) is 0 Å². The molecule has 1 aromatic rings. The average molecular weight is 318 g/mol. The molecule has 2 aliphatic heterocycles. The molecule has 5 nitrogen and oxygen atoms in total. The summed E-state index contributed by atoms with van der Waals surface area (Å²) in [6.45, 7) is 3.10. The second-order valence-electron chi connectivity index (χ2n) is 7.04. The lowest BCUT2D eigenvalue weighted by atomic mass is 9.89. The highest BCUT2D eigenvalue weighted by Crippen LogP contribution is 2.29. The Hall–Kier alpha value is -1.59. The number of ether oxygens (including phenoxy) is 1. The van der Waals surface area contributed by atoms with Gasteiger partial charge in [-0.3, -0.25) is 9.69 Å². The van der Waals surface area contributed by atoms with Gasteiger partial charge in [-0.05, 0) is 36.6 Å². The highest BCUT2D eigenvalue weighted by Gasteiger charge is 2.35. The van der Waals surface area contributed by atoms with Crippen LogP contribution in [0.4, 0.5) is 0 Å². The third-order valence-corrected chi connectivity index (χ3v) is 4.77. The van der Waals surface area contributed by atoms with Gasteiger partial charge in [0.25, 0.3) is 0 Å². The zero-order chi connectivity index (χ0) is 16.4. The Morgan fingerprint density at radius 2 is 2.26 bits per heavy atom. The summed E-state index contributed by atoms with van der Waals surface area (Å²) >= 11 is 0. The summed E-state index contributed by atoms with van der Waals surface area (Å²) in [5, 5.41) is 10.8. The van der Waals surface area contributed by atoms with E-state index < -0.39 is 5.60 Å². The number of nitrogens with zero attached hydrogens (tertiary/aromatic N) is 2. The van der Waals surface area contributed by atoms with Crippen LogP contribution in [0.15, 0.2) is 18.2 Å². The van der Waals surface area contributed by atoms with Crippen molar-refractivity contribution in [3.8, 4) is 5.75 Å². The predicted molar refractivity (Wildman–Crippen MR) is 88.4 cm³/mol. The molecule has 0 radical (unpaired) electrons. The van der Waals surface area contributed by atoms with Crippen LogP contribution in [0.1, 0.15) is 30.4 Å². The van der Waals surface area contributed by atoms with Gasteiger partial charge in [0.15, 0.2) is 0 Å². The molecule has 1 unspecified atom stereocenters. The standard InChI is InChI=1S/C18H26N2O3/c1-19(2)17(21)11-18(22)7-3-8-20(13-18)12-14-4-5-16-15(10-14)6-9-23-16/h4-5,10,22H,3,6-9,11-13H2,1-2H3. The third-order valence-electron chi connectivity index (χ3n) is 4.77. The van der Waals surface area contributed by atoms with Crippen LogP contribution < -0.4 is 4.74 Å². The van der Waals surface area contributed by atoms with Gasteiger partial charge in [0, 0.05) is 33.6 Å². The Labute approximate surface area is 137 Å². The Morgan fingerprint density at radius 3 is 3.04 bits per heavy atom. The van der Waals surface area contributed by atoms with E-state index in [4.69, 9.17) is 4.74 Å². The van der Waals surface area contributed by atoms with Gasteiger partial charge in [-0.25, -0.2) is 0 Å². The van der Waals surface area contributed by atoms with Crippen molar-refractivity contribution in [2.45, 2.75) is 37.8 Å². The van der Waals surface area contributed by atoms with Crippen LogP contribution in [0.3, 0.4) is 0 Å². The Kier molecular flexibility index (Phi) is 4.60. The zero-order valence-corrected chi connectivity index (χ0v) is 14.0. The molecule has 1 fully saturated rings. The van der Waals surface area contributed by atoms with E-state index in [-0.39, 0.29) is 12.3 Å². The van der Waals surface area contributed by atoms with Crippen molar-refractivity contribution in [3.05, 3.63) is 29.3 Å². The lowest BCUT2D eigenvalue weighted by Crippen LogP contribution is -2.50. The number of carbonyl (C=O) groups is 1. The highest BCUT2D eigenvalue weighted by molar-refractivity contribution is 5.76. The second kappa shape index (κ2) is 6.49. The molecule has 1 amide bonds. The summed E-state index contributed by atoms with van der Waals surface area (Å²) in [4.78, 5) is 15.7. The summed E-state index contributed by atoms with van der Waals surface area (Å²) in [6.07, 6.45) is 2.80. The fourth-order valence-electron chi connectivity index (χ4n) is 3.52. The predicted octanol–water partition coefficient (Wildman–Crippen LogP) is 1.43. The van der Waals surface area contributed by atoms with Crippen LogP contribution in [0.25, 0.3) is 0 Å². The maximum absolute atomic E-state index is 11.9. The van der Waals surface area contributed by atoms with Crippen molar-refractivity contribution < 1.29 is 14.6 Å². The minimum atomic E-state index is -0.903. The molecular weight excluding hydrogens is 292 g/mol. The first-order valence-corrected chi connectivity index (χ1v) is 8.35. The fourth-order valence-corrected chi connectivity index (χ4v) is 3.52. The summed E-state index contributed by atoms with van der Waals surface area (Å²) in [5.74, 6) is 0.990. The monoisotopic (exact) mass is 318 g/mol. The molecule has 3 rings (SSSR count). The summed E-state index contributed by atoms with van der Waals surface area (Å²) < 4.78 is 5.55. The summed E-state index contributed by atoms with van der Waals surface area (Å²) in [7, 11) is 3.47. The molecule has 126 valence electrons. The van der Waals surface area contributed by atoms with Gasteiger partial charge in [0.1, 0.15) is 5.75 Å². The molecular formula is C18H26N2O3. The molecule has 2 heterocycles. The van der Waals surface area contributed by atoms with Crippen LogP contribution in [0.2, 0.25) is 0 Å². The number of piperidine rings is 1. The number of benzene rings is 1. The number of likely N-dealkylation sites (tertiary alicyclic amines) is 1. The first-order valence-electron chi connectivity index (χ1n) is 8.35. The Balaban J connectivity index is 1.63. The second-order valence-corrected chi connectivity index (χ2v) is 7.04. The van der Waals surface area contributed by atoms with Crippen molar-refractivity contribution in [1.82, 2.24) is 9.80 Å². The molecule has 1 saturated heterocycles. The van der Waals surface area contributed by atoms with Gasteiger partial charge >= 0.3 is 0 Å². The maximum Gasteiger partial charge on any atom is 0.224 e. The number of carbonyl (C=O) groups excluding carboxylic acids is 1. The number of amides is 1. The van der Waals surface area contributed by atoms with Gasteiger partial charge < -0.3 is 14.7 Å². The van der Waals surface area contributed by atoms with E-state index in [9.17, 15) is 9.90 Å². The first-order chi connectivity index (χ1) is 11.0. The Bertz CT molecular complexity index is 588. The van der Waals surface area contributed by atoms with E-state index in [1.54, 1.807) is 19.0 Å². The molecule has 0 bridgehead atoms. The SMILES string of the molecule is CN(C)C(=O)CC1(O)CCCN(Cc2ccc3c(c2)CCO3)C1. The van der Waals surface area contributed by atoms with E-state index in [1.165, 1.54) is 11.1 Å². The number of β-amino-alcohol motifs (C(OH)–C–C–N with tert-alkyl or cyclic N) is 1. The van der Waals surface area contributed by atoms with Gasteiger partial charge in [-0.1, -0.05) is 12.1 Å².